The molecule has 6 heteroatoms. The molecule has 0 bridgehead atoms. The number of aromatic nitrogens is 1. The third-order valence-electron chi connectivity index (χ3n) is 4.46. The van der Waals surface area contributed by atoms with Crippen LogP contribution in [0.2, 0.25) is 0 Å². The summed E-state index contributed by atoms with van der Waals surface area (Å²) in [6.07, 6.45) is 1.82. The summed E-state index contributed by atoms with van der Waals surface area (Å²) in [5.41, 5.74) is 2.29. The normalized spacial score (nSPS) is 14.9. The van der Waals surface area contributed by atoms with Crippen molar-refractivity contribution in [1.82, 2.24) is 9.88 Å². The second-order valence-electron chi connectivity index (χ2n) is 6.67. The third-order valence-corrected chi connectivity index (χ3v) is 5.30. The van der Waals surface area contributed by atoms with Gasteiger partial charge in [0, 0.05) is 37.8 Å². The second kappa shape index (κ2) is 7.87. The number of aryl methyl sites for hydroxylation is 1. The lowest BCUT2D eigenvalue weighted by atomic mass is 10.0. The van der Waals surface area contributed by atoms with Crippen LogP contribution in [0.25, 0.3) is 0 Å². The van der Waals surface area contributed by atoms with Crippen molar-refractivity contribution in [2.45, 2.75) is 26.7 Å². The molecule has 0 unspecified atom stereocenters. The standard InChI is InChI=1S/C19H25N3O2S/c1-14(2)16-5-4-15(3)12-17(16)24-13-18(23)21-7-9-22(10-8-21)19-20-6-11-25-19/h4-6,11-12,14H,7-10,13H2,1-3H3. The fourth-order valence-corrected chi connectivity index (χ4v) is 3.69. The summed E-state index contributed by atoms with van der Waals surface area (Å²) in [5, 5.41) is 3.01. The lowest BCUT2D eigenvalue weighted by Crippen LogP contribution is -2.50. The van der Waals surface area contributed by atoms with Gasteiger partial charge in [0.15, 0.2) is 11.7 Å². The van der Waals surface area contributed by atoms with Crippen LogP contribution < -0.4 is 9.64 Å². The van der Waals surface area contributed by atoms with Gasteiger partial charge in [-0.25, -0.2) is 4.98 Å². The van der Waals surface area contributed by atoms with E-state index in [0.29, 0.717) is 19.0 Å². The van der Waals surface area contributed by atoms with Crippen LogP contribution in [0.15, 0.2) is 29.8 Å². The molecule has 0 aliphatic carbocycles. The first-order valence-electron chi connectivity index (χ1n) is 8.70. The van der Waals surface area contributed by atoms with Crippen LogP contribution in [-0.2, 0) is 4.79 Å². The average Bonchev–Trinajstić information content (AvgIpc) is 3.14. The van der Waals surface area contributed by atoms with Gasteiger partial charge in [-0.15, -0.1) is 11.3 Å². The molecule has 1 aliphatic rings. The Bertz CT molecular complexity index is 707. The molecule has 1 aromatic carbocycles. The zero-order chi connectivity index (χ0) is 17.8. The molecule has 25 heavy (non-hydrogen) atoms. The Labute approximate surface area is 153 Å². The van der Waals surface area contributed by atoms with Gasteiger partial charge in [0.1, 0.15) is 5.75 Å². The van der Waals surface area contributed by atoms with E-state index in [-0.39, 0.29) is 12.5 Å². The van der Waals surface area contributed by atoms with Crippen molar-refractivity contribution in [3.05, 3.63) is 40.9 Å². The summed E-state index contributed by atoms with van der Waals surface area (Å²) in [5.74, 6) is 1.24. The number of amides is 1. The summed E-state index contributed by atoms with van der Waals surface area (Å²) < 4.78 is 5.88. The molecule has 0 N–H and O–H groups in total. The molecule has 0 saturated carbocycles. The molecule has 0 spiro atoms. The Hall–Kier alpha value is -2.08. The van der Waals surface area contributed by atoms with Crippen molar-refractivity contribution in [3.63, 3.8) is 0 Å². The number of piperazine rings is 1. The number of carbonyl (C=O) groups is 1. The van der Waals surface area contributed by atoms with Gasteiger partial charge >= 0.3 is 0 Å². The quantitative estimate of drug-likeness (QED) is 0.822. The monoisotopic (exact) mass is 359 g/mol. The Kier molecular flexibility index (Phi) is 5.58. The van der Waals surface area contributed by atoms with Crippen LogP contribution in [-0.4, -0.2) is 48.6 Å². The molecule has 0 radical (unpaired) electrons. The van der Waals surface area contributed by atoms with Crippen LogP contribution >= 0.6 is 11.3 Å². The number of nitrogens with zero attached hydrogens (tertiary/aromatic N) is 3. The van der Waals surface area contributed by atoms with Gasteiger partial charge in [-0.3, -0.25) is 4.79 Å². The number of rotatable bonds is 5. The Morgan fingerprint density at radius 3 is 2.68 bits per heavy atom. The molecule has 134 valence electrons. The topological polar surface area (TPSA) is 45.7 Å². The minimum absolute atomic E-state index is 0.0509. The largest absolute Gasteiger partial charge is 0.483 e. The van der Waals surface area contributed by atoms with E-state index in [9.17, 15) is 4.79 Å². The van der Waals surface area contributed by atoms with E-state index in [4.69, 9.17) is 4.74 Å². The minimum Gasteiger partial charge on any atom is -0.483 e. The molecule has 5 nitrogen and oxygen atoms in total. The number of ether oxygens (including phenoxy) is 1. The molecule has 1 amide bonds. The smallest absolute Gasteiger partial charge is 0.260 e. The zero-order valence-electron chi connectivity index (χ0n) is 15.1. The highest BCUT2D eigenvalue weighted by Gasteiger charge is 2.23. The SMILES string of the molecule is Cc1ccc(C(C)C)c(OCC(=O)N2CCN(c3nccs3)CC2)c1. The second-order valence-corrected chi connectivity index (χ2v) is 7.54. The van der Waals surface area contributed by atoms with E-state index in [1.54, 1.807) is 11.3 Å². The van der Waals surface area contributed by atoms with Crippen LogP contribution in [0, 0.1) is 6.92 Å². The maximum absolute atomic E-state index is 12.5. The number of benzene rings is 1. The van der Waals surface area contributed by atoms with Crippen molar-refractivity contribution in [3.8, 4) is 5.75 Å². The van der Waals surface area contributed by atoms with Gasteiger partial charge in [-0.1, -0.05) is 26.0 Å². The molecular weight excluding hydrogens is 334 g/mol. The van der Waals surface area contributed by atoms with E-state index in [2.05, 4.69) is 35.9 Å². The van der Waals surface area contributed by atoms with Gasteiger partial charge in [0.25, 0.3) is 5.91 Å². The molecule has 1 fully saturated rings. The van der Waals surface area contributed by atoms with E-state index < -0.39 is 0 Å². The van der Waals surface area contributed by atoms with E-state index in [1.165, 1.54) is 0 Å². The summed E-state index contributed by atoms with van der Waals surface area (Å²) >= 11 is 1.64. The van der Waals surface area contributed by atoms with Crippen LogP contribution in [0.4, 0.5) is 5.13 Å². The van der Waals surface area contributed by atoms with Gasteiger partial charge in [0.05, 0.1) is 0 Å². The molecular formula is C19H25N3O2S. The van der Waals surface area contributed by atoms with Crippen molar-refractivity contribution >= 4 is 22.4 Å². The molecule has 0 atom stereocenters. The van der Waals surface area contributed by atoms with Crippen molar-refractivity contribution in [2.24, 2.45) is 0 Å². The third kappa shape index (κ3) is 4.31. The fourth-order valence-electron chi connectivity index (χ4n) is 2.99. The molecule has 1 aliphatic heterocycles. The molecule has 2 heterocycles. The van der Waals surface area contributed by atoms with Gasteiger partial charge in [0.2, 0.25) is 0 Å². The van der Waals surface area contributed by atoms with E-state index >= 15 is 0 Å². The van der Waals surface area contributed by atoms with Crippen LogP contribution in [0.1, 0.15) is 30.9 Å². The number of carbonyl (C=O) groups excluding carboxylic acids is 1. The van der Waals surface area contributed by atoms with E-state index in [1.807, 2.05) is 29.5 Å². The van der Waals surface area contributed by atoms with E-state index in [0.717, 1.165) is 35.1 Å². The maximum Gasteiger partial charge on any atom is 0.260 e. The van der Waals surface area contributed by atoms with Crippen LogP contribution in [0.5, 0.6) is 5.75 Å². The first kappa shape index (κ1) is 17.7. The lowest BCUT2D eigenvalue weighted by Gasteiger charge is -2.34. The molecule has 3 rings (SSSR count). The molecule has 1 aromatic heterocycles. The Balaban J connectivity index is 1.55. The highest BCUT2D eigenvalue weighted by atomic mass is 32.1. The lowest BCUT2D eigenvalue weighted by molar-refractivity contribution is -0.133. The first-order valence-corrected chi connectivity index (χ1v) is 9.58. The highest BCUT2D eigenvalue weighted by molar-refractivity contribution is 7.13. The van der Waals surface area contributed by atoms with Gasteiger partial charge < -0.3 is 14.5 Å². The molecule has 2 aromatic rings. The predicted molar refractivity (Wildman–Crippen MR) is 102 cm³/mol. The molecule has 1 saturated heterocycles. The number of hydrogen-bond acceptors (Lipinski definition) is 5. The van der Waals surface area contributed by atoms with Crippen molar-refractivity contribution < 1.29 is 9.53 Å². The highest BCUT2D eigenvalue weighted by Crippen LogP contribution is 2.27. The zero-order valence-corrected chi connectivity index (χ0v) is 15.9. The fraction of sp³-hybridized carbons (Fsp3) is 0.474. The average molecular weight is 359 g/mol. The van der Waals surface area contributed by atoms with Crippen molar-refractivity contribution in [1.29, 1.82) is 0 Å². The predicted octanol–water partition coefficient (Wildman–Crippen LogP) is 3.30. The Morgan fingerprint density at radius 1 is 1.28 bits per heavy atom. The Morgan fingerprint density at radius 2 is 2.04 bits per heavy atom. The number of anilines is 1. The van der Waals surface area contributed by atoms with Gasteiger partial charge in [-0.05, 0) is 30.0 Å². The summed E-state index contributed by atoms with van der Waals surface area (Å²) in [7, 11) is 0. The number of hydrogen-bond donors (Lipinski definition) is 0. The summed E-state index contributed by atoms with van der Waals surface area (Å²) in [6.45, 7) is 9.48. The minimum atomic E-state index is 0.0509. The van der Waals surface area contributed by atoms with Crippen molar-refractivity contribution in [2.75, 3.05) is 37.7 Å². The summed E-state index contributed by atoms with van der Waals surface area (Å²) in [6, 6.07) is 6.19. The first-order chi connectivity index (χ1) is 12.0. The van der Waals surface area contributed by atoms with Gasteiger partial charge in [-0.2, -0.15) is 0 Å². The maximum atomic E-state index is 12.5. The van der Waals surface area contributed by atoms with Crippen LogP contribution in [0.3, 0.4) is 0 Å². The number of thiazole rings is 1. The summed E-state index contributed by atoms with van der Waals surface area (Å²) in [4.78, 5) is 20.9.